The quantitative estimate of drug-likeness (QED) is 0.746. The normalized spacial score (nSPS) is 10.8. The van der Waals surface area contributed by atoms with Crippen LogP contribution in [0, 0.1) is 5.92 Å². The van der Waals surface area contributed by atoms with Crippen molar-refractivity contribution in [1.29, 1.82) is 0 Å². The molecule has 0 fully saturated rings. The van der Waals surface area contributed by atoms with Gasteiger partial charge in [-0.25, -0.2) is 0 Å². The summed E-state index contributed by atoms with van der Waals surface area (Å²) in [6, 6.07) is 1.75. The van der Waals surface area contributed by atoms with Crippen LogP contribution in [0.5, 0.6) is 0 Å². The van der Waals surface area contributed by atoms with Gasteiger partial charge in [0.25, 0.3) is 5.91 Å². The van der Waals surface area contributed by atoms with Crippen molar-refractivity contribution in [2.24, 2.45) is 18.7 Å². The summed E-state index contributed by atoms with van der Waals surface area (Å²) in [5.41, 5.74) is 6.50. The molecule has 1 amide bonds. The molecule has 2 N–H and O–H groups in total. The van der Waals surface area contributed by atoms with E-state index in [-0.39, 0.29) is 0 Å². The first-order chi connectivity index (χ1) is 6.00. The van der Waals surface area contributed by atoms with E-state index < -0.39 is 5.91 Å². The van der Waals surface area contributed by atoms with Crippen LogP contribution in [0.15, 0.2) is 6.07 Å². The number of aromatic nitrogens is 2. The second kappa shape index (κ2) is 3.60. The van der Waals surface area contributed by atoms with Crippen molar-refractivity contribution in [3.8, 4) is 0 Å². The first-order valence-corrected chi connectivity index (χ1v) is 4.33. The minimum absolute atomic E-state index is 0.346. The number of aryl methyl sites for hydroxylation is 1. The Morgan fingerprint density at radius 1 is 1.69 bits per heavy atom. The van der Waals surface area contributed by atoms with Crippen LogP contribution in [-0.2, 0) is 13.5 Å². The molecule has 0 spiro atoms. The van der Waals surface area contributed by atoms with Gasteiger partial charge >= 0.3 is 0 Å². The largest absolute Gasteiger partial charge is 0.364 e. The molecular weight excluding hydrogens is 166 g/mol. The molecule has 0 saturated carbocycles. The lowest BCUT2D eigenvalue weighted by Crippen LogP contribution is -2.11. The summed E-state index contributed by atoms with van der Waals surface area (Å²) in [5, 5.41) is 4.01. The molecule has 1 aromatic heterocycles. The van der Waals surface area contributed by atoms with Gasteiger partial charge in [0.15, 0.2) is 0 Å². The molecular formula is C9H15N3O. The van der Waals surface area contributed by atoms with Crippen LogP contribution < -0.4 is 5.73 Å². The molecule has 0 aliphatic carbocycles. The van der Waals surface area contributed by atoms with Crippen molar-refractivity contribution >= 4 is 5.91 Å². The van der Waals surface area contributed by atoms with Gasteiger partial charge in [-0.1, -0.05) is 13.8 Å². The molecule has 0 bridgehead atoms. The SMILES string of the molecule is CC(C)Cc1cc(C(N)=O)nn1C. The molecule has 0 aromatic carbocycles. The molecule has 13 heavy (non-hydrogen) atoms. The van der Waals surface area contributed by atoms with E-state index in [9.17, 15) is 4.79 Å². The third kappa shape index (κ3) is 2.31. The van der Waals surface area contributed by atoms with Crippen molar-refractivity contribution in [2.45, 2.75) is 20.3 Å². The second-order valence-electron chi connectivity index (χ2n) is 3.61. The number of nitrogens with two attached hydrogens (primary N) is 1. The lowest BCUT2D eigenvalue weighted by Gasteiger charge is -2.03. The maximum atomic E-state index is 10.8. The summed E-state index contributed by atoms with van der Waals surface area (Å²) in [7, 11) is 1.82. The number of nitrogens with zero attached hydrogens (tertiary/aromatic N) is 2. The molecule has 0 aliphatic rings. The standard InChI is InChI=1S/C9H15N3O/c1-6(2)4-7-5-8(9(10)13)11-12(7)3/h5-6H,4H2,1-3H3,(H2,10,13). The summed E-state index contributed by atoms with van der Waals surface area (Å²) in [6.07, 6.45) is 0.913. The van der Waals surface area contributed by atoms with Crippen molar-refractivity contribution in [3.63, 3.8) is 0 Å². The lowest BCUT2D eigenvalue weighted by atomic mass is 10.1. The predicted molar refractivity (Wildman–Crippen MR) is 50.3 cm³/mol. The Hall–Kier alpha value is -1.32. The Kier molecular flexibility index (Phi) is 2.70. The zero-order valence-electron chi connectivity index (χ0n) is 8.24. The summed E-state index contributed by atoms with van der Waals surface area (Å²) < 4.78 is 1.71. The molecule has 0 unspecified atom stereocenters. The Bertz CT molecular complexity index is 315. The molecule has 1 aromatic rings. The Labute approximate surface area is 77.7 Å². The number of carbonyl (C=O) groups is 1. The zero-order valence-corrected chi connectivity index (χ0v) is 8.24. The Morgan fingerprint density at radius 3 is 2.69 bits per heavy atom. The predicted octanol–water partition coefficient (Wildman–Crippen LogP) is 0.717. The van der Waals surface area contributed by atoms with Gasteiger partial charge in [-0.3, -0.25) is 9.48 Å². The number of primary amides is 1. The number of hydrogen-bond acceptors (Lipinski definition) is 2. The average molecular weight is 181 g/mol. The number of rotatable bonds is 3. The fourth-order valence-corrected chi connectivity index (χ4v) is 1.24. The van der Waals surface area contributed by atoms with Crippen molar-refractivity contribution in [2.75, 3.05) is 0 Å². The fourth-order valence-electron chi connectivity index (χ4n) is 1.24. The van der Waals surface area contributed by atoms with E-state index in [0.29, 0.717) is 11.6 Å². The summed E-state index contributed by atoms with van der Waals surface area (Å²) in [4.78, 5) is 10.8. The summed E-state index contributed by atoms with van der Waals surface area (Å²) in [6.45, 7) is 4.24. The third-order valence-electron chi connectivity index (χ3n) is 1.85. The summed E-state index contributed by atoms with van der Waals surface area (Å²) in [5.74, 6) is 0.0849. The topological polar surface area (TPSA) is 60.9 Å². The molecule has 0 aliphatic heterocycles. The van der Waals surface area contributed by atoms with Crippen LogP contribution in [-0.4, -0.2) is 15.7 Å². The molecule has 0 saturated heterocycles. The van der Waals surface area contributed by atoms with Crippen molar-refractivity contribution in [3.05, 3.63) is 17.5 Å². The maximum absolute atomic E-state index is 10.8. The molecule has 1 rings (SSSR count). The van der Waals surface area contributed by atoms with Crippen LogP contribution in [0.4, 0.5) is 0 Å². The van der Waals surface area contributed by atoms with E-state index in [1.165, 1.54) is 0 Å². The number of hydrogen-bond donors (Lipinski definition) is 1. The number of amides is 1. The monoisotopic (exact) mass is 181 g/mol. The fraction of sp³-hybridized carbons (Fsp3) is 0.556. The van der Waals surface area contributed by atoms with Crippen LogP contribution in [0.1, 0.15) is 30.0 Å². The molecule has 4 nitrogen and oxygen atoms in total. The molecule has 1 heterocycles. The molecule has 4 heteroatoms. The minimum Gasteiger partial charge on any atom is -0.364 e. The van der Waals surface area contributed by atoms with Crippen LogP contribution >= 0.6 is 0 Å². The second-order valence-corrected chi connectivity index (χ2v) is 3.61. The Balaban J connectivity index is 2.90. The molecule has 0 atom stereocenters. The zero-order chi connectivity index (χ0) is 10.0. The molecule has 72 valence electrons. The average Bonchev–Trinajstić information content (AvgIpc) is 2.31. The minimum atomic E-state index is -0.467. The highest BCUT2D eigenvalue weighted by molar-refractivity contribution is 5.90. The van der Waals surface area contributed by atoms with Crippen LogP contribution in [0.3, 0.4) is 0 Å². The maximum Gasteiger partial charge on any atom is 0.269 e. The van der Waals surface area contributed by atoms with E-state index in [0.717, 1.165) is 12.1 Å². The van der Waals surface area contributed by atoms with Gasteiger partial charge in [0.05, 0.1) is 0 Å². The van der Waals surface area contributed by atoms with Gasteiger partial charge in [-0.05, 0) is 18.4 Å². The molecule has 0 radical (unpaired) electrons. The van der Waals surface area contributed by atoms with E-state index in [4.69, 9.17) is 5.73 Å². The van der Waals surface area contributed by atoms with Gasteiger partial charge in [0, 0.05) is 12.7 Å². The van der Waals surface area contributed by atoms with E-state index in [2.05, 4.69) is 18.9 Å². The van der Waals surface area contributed by atoms with E-state index in [1.807, 2.05) is 7.05 Å². The van der Waals surface area contributed by atoms with Gasteiger partial charge in [0.1, 0.15) is 5.69 Å². The highest BCUT2D eigenvalue weighted by atomic mass is 16.1. The number of carbonyl (C=O) groups excluding carboxylic acids is 1. The first kappa shape index (κ1) is 9.77. The third-order valence-corrected chi connectivity index (χ3v) is 1.85. The smallest absolute Gasteiger partial charge is 0.269 e. The van der Waals surface area contributed by atoms with Crippen molar-refractivity contribution < 1.29 is 4.79 Å². The summed E-state index contributed by atoms with van der Waals surface area (Å²) >= 11 is 0. The van der Waals surface area contributed by atoms with E-state index in [1.54, 1.807) is 10.7 Å². The van der Waals surface area contributed by atoms with Crippen molar-refractivity contribution in [1.82, 2.24) is 9.78 Å². The highest BCUT2D eigenvalue weighted by Crippen LogP contribution is 2.08. The first-order valence-electron chi connectivity index (χ1n) is 4.33. The van der Waals surface area contributed by atoms with Gasteiger partial charge in [-0.2, -0.15) is 5.10 Å². The van der Waals surface area contributed by atoms with Gasteiger partial charge in [0.2, 0.25) is 0 Å². The van der Waals surface area contributed by atoms with Gasteiger partial charge < -0.3 is 5.73 Å². The highest BCUT2D eigenvalue weighted by Gasteiger charge is 2.09. The van der Waals surface area contributed by atoms with Crippen LogP contribution in [0.25, 0.3) is 0 Å². The lowest BCUT2D eigenvalue weighted by molar-refractivity contribution is 0.0995. The van der Waals surface area contributed by atoms with Crippen LogP contribution in [0.2, 0.25) is 0 Å². The van der Waals surface area contributed by atoms with E-state index >= 15 is 0 Å². The van der Waals surface area contributed by atoms with Gasteiger partial charge in [-0.15, -0.1) is 0 Å². The Morgan fingerprint density at radius 2 is 2.31 bits per heavy atom.